The molecular weight excluding hydrogens is 358 g/mol. The first kappa shape index (κ1) is 19.2. The molecule has 0 saturated heterocycles. The summed E-state index contributed by atoms with van der Waals surface area (Å²) in [6, 6.07) is 1.56. The van der Waals surface area contributed by atoms with Gasteiger partial charge in [0.2, 0.25) is 5.91 Å². The number of fused-ring (bicyclic) bond motifs is 1. The van der Waals surface area contributed by atoms with Crippen LogP contribution in [0.5, 0.6) is 0 Å². The number of amides is 2. The molecule has 0 unspecified atom stereocenters. The Morgan fingerprint density at radius 2 is 1.82 bits per heavy atom. The van der Waals surface area contributed by atoms with Crippen LogP contribution in [0.15, 0.2) is 10.9 Å². The molecule has 7 nitrogen and oxygen atoms in total. The van der Waals surface area contributed by atoms with E-state index in [2.05, 4.69) is 15.6 Å². The van der Waals surface area contributed by atoms with Crippen LogP contribution in [0.1, 0.15) is 73.0 Å². The third-order valence-corrected chi connectivity index (χ3v) is 6.54. The highest BCUT2D eigenvalue weighted by atomic mass is 16.3. The fourth-order valence-corrected chi connectivity index (χ4v) is 4.51. The maximum atomic E-state index is 12.7. The number of carbonyl (C=O) groups is 2. The van der Waals surface area contributed by atoms with Gasteiger partial charge in [-0.15, -0.1) is 0 Å². The summed E-state index contributed by atoms with van der Waals surface area (Å²) in [4.78, 5) is 40.1. The van der Waals surface area contributed by atoms with Gasteiger partial charge in [0, 0.05) is 17.7 Å². The highest BCUT2D eigenvalue weighted by Gasteiger charge is 2.35. The standard InChI is InChI=1S/C21H29N3O4/c25-18-11-13(19(26)22-14-5-3-6-14)8-9-17(18)24-21(28)15-10-12-4-1-2-7-16(12)23-20(15)27/h10,13-14,17-18,25H,1-9,11H2,(H,22,26)(H,23,27)(H,24,28)/t13-,17+,18+/m0/s1. The number of aryl methyl sites for hydroxylation is 2. The van der Waals surface area contributed by atoms with Crippen molar-refractivity contribution in [2.45, 2.75) is 82.4 Å². The van der Waals surface area contributed by atoms with Crippen LogP contribution in [-0.2, 0) is 17.6 Å². The summed E-state index contributed by atoms with van der Waals surface area (Å²) in [6.45, 7) is 0. The van der Waals surface area contributed by atoms with Crippen LogP contribution in [0, 0.1) is 5.92 Å². The van der Waals surface area contributed by atoms with Gasteiger partial charge in [0.1, 0.15) is 5.56 Å². The van der Waals surface area contributed by atoms with Gasteiger partial charge in [-0.05, 0) is 75.8 Å². The Labute approximate surface area is 164 Å². The van der Waals surface area contributed by atoms with Gasteiger partial charge < -0.3 is 20.7 Å². The second-order valence-electron chi connectivity index (χ2n) is 8.52. The zero-order chi connectivity index (χ0) is 19.7. The summed E-state index contributed by atoms with van der Waals surface area (Å²) in [5.41, 5.74) is 1.71. The molecule has 4 N–H and O–H groups in total. The quantitative estimate of drug-likeness (QED) is 0.622. The van der Waals surface area contributed by atoms with Crippen LogP contribution < -0.4 is 16.2 Å². The van der Waals surface area contributed by atoms with Crippen molar-refractivity contribution in [2.24, 2.45) is 5.92 Å². The Bertz CT molecular complexity index is 814. The number of hydrogen-bond acceptors (Lipinski definition) is 4. The maximum Gasteiger partial charge on any atom is 0.261 e. The predicted octanol–water partition coefficient (Wildman–Crippen LogP) is 1.18. The van der Waals surface area contributed by atoms with Crippen molar-refractivity contribution in [1.82, 2.24) is 15.6 Å². The van der Waals surface area contributed by atoms with Crippen LogP contribution in [0.4, 0.5) is 0 Å². The third kappa shape index (κ3) is 3.99. The van der Waals surface area contributed by atoms with Crippen molar-refractivity contribution in [2.75, 3.05) is 0 Å². The van der Waals surface area contributed by atoms with Crippen molar-refractivity contribution in [3.8, 4) is 0 Å². The number of rotatable bonds is 4. The van der Waals surface area contributed by atoms with Gasteiger partial charge in [0.25, 0.3) is 11.5 Å². The second kappa shape index (κ2) is 8.07. The lowest BCUT2D eigenvalue weighted by molar-refractivity contribution is -0.128. The highest BCUT2D eigenvalue weighted by Crippen LogP contribution is 2.27. The van der Waals surface area contributed by atoms with E-state index in [1.807, 2.05) is 0 Å². The van der Waals surface area contributed by atoms with Crippen LogP contribution in [0.3, 0.4) is 0 Å². The van der Waals surface area contributed by atoms with Gasteiger partial charge in [-0.2, -0.15) is 0 Å². The summed E-state index contributed by atoms with van der Waals surface area (Å²) >= 11 is 0. The molecule has 0 aromatic carbocycles. The molecule has 0 radical (unpaired) electrons. The van der Waals surface area contributed by atoms with E-state index in [9.17, 15) is 19.5 Å². The molecule has 1 aromatic heterocycles. The average molecular weight is 387 g/mol. The van der Waals surface area contributed by atoms with E-state index in [0.717, 1.165) is 56.2 Å². The minimum absolute atomic E-state index is 0.0136. The molecule has 0 aliphatic heterocycles. The lowest BCUT2D eigenvalue weighted by Crippen LogP contribution is -2.51. The van der Waals surface area contributed by atoms with E-state index < -0.39 is 18.1 Å². The van der Waals surface area contributed by atoms with Gasteiger partial charge in [-0.25, -0.2) is 0 Å². The molecule has 3 aliphatic rings. The lowest BCUT2D eigenvalue weighted by Gasteiger charge is -2.35. The Morgan fingerprint density at radius 1 is 1.04 bits per heavy atom. The average Bonchev–Trinajstić information content (AvgIpc) is 2.65. The SMILES string of the molecule is O=C(N[C@@H]1CC[C@H](C(=O)NC2CCC2)C[C@H]1O)c1cc2c([nH]c1=O)CCCC2. The molecule has 3 atom stereocenters. The Hall–Kier alpha value is -2.15. The first-order chi connectivity index (χ1) is 13.5. The molecule has 28 heavy (non-hydrogen) atoms. The van der Waals surface area contributed by atoms with Gasteiger partial charge in [-0.1, -0.05) is 0 Å². The molecular formula is C21H29N3O4. The van der Waals surface area contributed by atoms with E-state index in [1.165, 1.54) is 0 Å². The van der Waals surface area contributed by atoms with Crippen LogP contribution in [0.2, 0.25) is 0 Å². The van der Waals surface area contributed by atoms with Crippen LogP contribution in [0.25, 0.3) is 0 Å². The number of H-pyrrole nitrogens is 1. The Balaban J connectivity index is 1.36. The molecule has 2 amide bonds. The number of aliphatic hydroxyl groups excluding tert-OH is 1. The van der Waals surface area contributed by atoms with Gasteiger partial charge in [0.15, 0.2) is 0 Å². The highest BCUT2D eigenvalue weighted by molar-refractivity contribution is 5.94. The molecule has 1 aromatic rings. The summed E-state index contributed by atoms with van der Waals surface area (Å²) in [5.74, 6) is -0.647. The molecule has 2 saturated carbocycles. The van der Waals surface area contributed by atoms with E-state index in [1.54, 1.807) is 6.07 Å². The number of aliphatic hydroxyl groups is 1. The molecule has 1 heterocycles. The van der Waals surface area contributed by atoms with Gasteiger partial charge in [0.05, 0.1) is 12.1 Å². The minimum atomic E-state index is -0.786. The number of aromatic amines is 1. The summed E-state index contributed by atoms with van der Waals surface area (Å²) in [7, 11) is 0. The number of carbonyl (C=O) groups excluding carboxylic acids is 2. The fraction of sp³-hybridized carbons (Fsp3) is 0.667. The van der Waals surface area contributed by atoms with E-state index in [-0.39, 0.29) is 29.0 Å². The van der Waals surface area contributed by atoms with Crippen molar-refractivity contribution in [3.05, 3.63) is 33.2 Å². The molecule has 152 valence electrons. The monoisotopic (exact) mass is 387 g/mol. The maximum absolute atomic E-state index is 12.7. The molecule has 0 bridgehead atoms. The normalized spacial score (nSPS) is 27.4. The van der Waals surface area contributed by atoms with Gasteiger partial charge in [-0.3, -0.25) is 14.4 Å². The first-order valence-electron chi connectivity index (χ1n) is 10.6. The second-order valence-corrected chi connectivity index (χ2v) is 8.52. The third-order valence-electron chi connectivity index (χ3n) is 6.54. The minimum Gasteiger partial charge on any atom is -0.391 e. The van der Waals surface area contributed by atoms with Crippen LogP contribution >= 0.6 is 0 Å². The summed E-state index contributed by atoms with van der Waals surface area (Å²) in [5, 5.41) is 16.3. The summed E-state index contributed by atoms with van der Waals surface area (Å²) in [6.07, 6.45) is 7.77. The largest absolute Gasteiger partial charge is 0.391 e. The Morgan fingerprint density at radius 3 is 2.54 bits per heavy atom. The van der Waals surface area contributed by atoms with E-state index >= 15 is 0 Å². The Kier molecular flexibility index (Phi) is 5.53. The first-order valence-corrected chi connectivity index (χ1v) is 10.6. The van der Waals surface area contributed by atoms with Crippen molar-refractivity contribution < 1.29 is 14.7 Å². The summed E-state index contributed by atoms with van der Waals surface area (Å²) < 4.78 is 0. The molecule has 4 rings (SSSR count). The zero-order valence-electron chi connectivity index (χ0n) is 16.1. The number of pyridine rings is 1. The topological polar surface area (TPSA) is 111 Å². The van der Waals surface area contributed by atoms with Crippen molar-refractivity contribution in [1.29, 1.82) is 0 Å². The molecule has 2 fully saturated rings. The smallest absolute Gasteiger partial charge is 0.261 e. The fourth-order valence-electron chi connectivity index (χ4n) is 4.51. The molecule has 3 aliphatic carbocycles. The van der Waals surface area contributed by atoms with E-state index in [0.29, 0.717) is 19.3 Å². The number of hydrogen-bond donors (Lipinski definition) is 4. The van der Waals surface area contributed by atoms with E-state index in [4.69, 9.17) is 0 Å². The number of nitrogens with one attached hydrogen (secondary N) is 3. The predicted molar refractivity (Wildman–Crippen MR) is 104 cm³/mol. The number of aromatic nitrogens is 1. The van der Waals surface area contributed by atoms with Crippen LogP contribution in [-0.4, -0.2) is 40.1 Å². The molecule has 7 heteroatoms. The zero-order valence-corrected chi connectivity index (χ0v) is 16.1. The van der Waals surface area contributed by atoms with Crippen molar-refractivity contribution >= 4 is 11.8 Å². The van der Waals surface area contributed by atoms with Gasteiger partial charge >= 0.3 is 0 Å². The van der Waals surface area contributed by atoms with Crippen molar-refractivity contribution in [3.63, 3.8) is 0 Å². The molecule has 0 spiro atoms. The lowest BCUT2D eigenvalue weighted by atomic mass is 9.82.